The molecule has 0 amide bonds. The van der Waals surface area contributed by atoms with Crippen LogP contribution in [0.15, 0.2) is 23.1 Å². The van der Waals surface area contributed by atoms with Gasteiger partial charge in [-0.2, -0.15) is 0 Å². The summed E-state index contributed by atoms with van der Waals surface area (Å²) < 4.78 is 37.4. The Labute approximate surface area is 93.6 Å². The van der Waals surface area contributed by atoms with E-state index >= 15 is 0 Å². The van der Waals surface area contributed by atoms with Crippen LogP contribution in [-0.2, 0) is 15.6 Å². The van der Waals surface area contributed by atoms with Crippen LogP contribution in [0.3, 0.4) is 0 Å². The SMILES string of the molecule is O=C(O)CCCS(=O)c1cc(F)ccc1F. The van der Waals surface area contributed by atoms with Crippen molar-refractivity contribution in [2.24, 2.45) is 0 Å². The highest BCUT2D eigenvalue weighted by atomic mass is 32.2. The van der Waals surface area contributed by atoms with Crippen molar-refractivity contribution in [3.05, 3.63) is 29.8 Å². The number of hydrogen-bond donors (Lipinski definition) is 1. The molecule has 0 aliphatic carbocycles. The number of carboxylic acid groups (broad SMARTS) is 1. The summed E-state index contributed by atoms with van der Waals surface area (Å²) in [5, 5.41) is 8.36. The third-order valence-corrected chi connectivity index (χ3v) is 3.32. The summed E-state index contributed by atoms with van der Waals surface area (Å²) in [5.41, 5.74) is 0. The summed E-state index contributed by atoms with van der Waals surface area (Å²) in [6, 6.07) is 2.71. The van der Waals surface area contributed by atoms with E-state index in [2.05, 4.69) is 0 Å². The molecule has 3 nitrogen and oxygen atoms in total. The fourth-order valence-electron chi connectivity index (χ4n) is 1.12. The first kappa shape index (κ1) is 12.8. The van der Waals surface area contributed by atoms with Crippen molar-refractivity contribution in [3.8, 4) is 0 Å². The zero-order valence-corrected chi connectivity index (χ0v) is 9.10. The van der Waals surface area contributed by atoms with Gasteiger partial charge in [0, 0.05) is 12.2 Å². The van der Waals surface area contributed by atoms with Gasteiger partial charge in [-0.05, 0) is 24.6 Å². The zero-order chi connectivity index (χ0) is 12.1. The second-order valence-electron chi connectivity index (χ2n) is 3.12. The van der Waals surface area contributed by atoms with E-state index in [1.54, 1.807) is 0 Å². The predicted molar refractivity (Wildman–Crippen MR) is 54.5 cm³/mol. The quantitative estimate of drug-likeness (QED) is 0.866. The van der Waals surface area contributed by atoms with E-state index in [9.17, 15) is 17.8 Å². The molecule has 0 bridgehead atoms. The Bertz CT molecular complexity index is 421. The highest BCUT2D eigenvalue weighted by Crippen LogP contribution is 2.15. The van der Waals surface area contributed by atoms with Gasteiger partial charge in [-0.1, -0.05) is 0 Å². The number of hydrogen-bond acceptors (Lipinski definition) is 2. The second kappa shape index (κ2) is 5.69. The lowest BCUT2D eigenvalue weighted by atomic mass is 10.3. The highest BCUT2D eigenvalue weighted by Gasteiger charge is 2.11. The third kappa shape index (κ3) is 3.69. The molecule has 0 aliphatic rings. The number of halogens is 2. The minimum absolute atomic E-state index is 0.00662. The Morgan fingerprint density at radius 3 is 2.69 bits per heavy atom. The van der Waals surface area contributed by atoms with E-state index in [1.165, 1.54) is 0 Å². The van der Waals surface area contributed by atoms with Crippen LogP contribution < -0.4 is 0 Å². The van der Waals surface area contributed by atoms with E-state index in [4.69, 9.17) is 5.11 Å². The molecule has 1 atom stereocenters. The maximum Gasteiger partial charge on any atom is 0.303 e. The smallest absolute Gasteiger partial charge is 0.303 e. The fourth-order valence-corrected chi connectivity index (χ4v) is 2.27. The maximum atomic E-state index is 13.1. The summed E-state index contributed by atoms with van der Waals surface area (Å²) in [5.74, 6) is -2.40. The average molecular weight is 248 g/mol. The third-order valence-electron chi connectivity index (χ3n) is 1.86. The molecule has 6 heteroatoms. The number of aliphatic carboxylic acids is 1. The molecule has 1 aromatic carbocycles. The Kier molecular flexibility index (Phi) is 4.54. The van der Waals surface area contributed by atoms with Gasteiger partial charge in [0.1, 0.15) is 11.6 Å². The summed E-state index contributed by atoms with van der Waals surface area (Å²) in [4.78, 5) is 9.99. The maximum absolute atomic E-state index is 13.1. The molecule has 88 valence electrons. The van der Waals surface area contributed by atoms with Crippen molar-refractivity contribution in [3.63, 3.8) is 0 Å². The Morgan fingerprint density at radius 2 is 2.06 bits per heavy atom. The van der Waals surface area contributed by atoms with Crippen molar-refractivity contribution in [2.45, 2.75) is 17.7 Å². The second-order valence-corrected chi connectivity index (χ2v) is 4.66. The van der Waals surface area contributed by atoms with Gasteiger partial charge < -0.3 is 5.11 Å². The summed E-state index contributed by atoms with van der Waals surface area (Å²) >= 11 is 0. The molecule has 0 spiro atoms. The molecule has 16 heavy (non-hydrogen) atoms. The predicted octanol–water partition coefficient (Wildman–Crippen LogP) is 1.94. The Hall–Kier alpha value is -1.30. The first-order valence-electron chi connectivity index (χ1n) is 4.56. The molecule has 0 saturated heterocycles. The fraction of sp³-hybridized carbons (Fsp3) is 0.300. The monoisotopic (exact) mass is 248 g/mol. The number of rotatable bonds is 5. The van der Waals surface area contributed by atoms with Crippen LogP contribution in [0.5, 0.6) is 0 Å². The van der Waals surface area contributed by atoms with Gasteiger partial charge in [-0.25, -0.2) is 8.78 Å². The topological polar surface area (TPSA) is 54.4 Å². The lowest BCUT2D eigenvalue weighted by Crippen LogP contribution is -2.04. The first-order chi connectivity index (χ1) is 7.50. The molecule has 0 aliphatic heterocycles. The van der Waals surface area contributed by atoms with Gasteiger partial charge in [0.25, 0.3) is 0 Å². The Balaban J connectivity index is 2.65. The molecule has 0 aromatic heterocycles. The number of carboxylic acids is 1. The molecule has 0 saturated carbocycles. The van der Waals surface area contributed by atoms with Crippen LogP contribution in [0.25, 0.3) is 0 Å². The number of benzene rings is 1. The summed E-state index contributed by atoms with van der Waals surface area (Å²) in [6.45, 7) is 0. The first-order valence-corrected chi connectivity index (χ1v) is 5.88. The molecule has 1 aromatic rings. The van der Waals surface area contributed by atoms with Gasteiger partial charge in [-0.3, -0.25) is 9.00 Å². The van der Waals surface area contributed by atoms with Crippen molar-refractivity contribution in [1.29, 1.82) is 0 Å². The van der Waals surface area contributed by atoms with Gasteiger partial charge >= 0.3 is 5.97 Å². The highest BCUT2D eigenvalue weighted by molar-refractivity contribution is 7.85. The summed E-state index contributed by atoms with van der Waals surface area (Å²) in [7, 11) is -1.70. The zero-order valence-electron chi connectivity index (χ0n) is 8.28. The minimum atomic E-state index is -1.70. The molecule has 1 unspecified atom stereocenters. The van der Waals surface area contributed by atoms with Crippen molar-refractivity contribution in [2.75, 3.05) is 5.75 Å². The van der Waals surface area contributed by atoms with Gasteiger partial charge in [0.2, 0.25) is 0 Å². The van der Waals surface area contributed by atoms with E-state index < -0.39 is 28.4 Å². The summed E-state index contributed by atoms with van der Waals surface area (Å²) in [6.07, 6.45) is 0.0283. The molecule has 0 heterocycles. The normalized spacial score (nSPS) is 12.4. The van der Waals surface area contributed by atoms with Crippen LogP contribution in [0.2, 0.25) is 0 Å². The molecule has 0 radical (unpaired) electrons. The molecule has 1 rings (SSSR count). The molecule has 1 N–H and O–H groups in total. The van der Waals surface area contributed by atoms with Gasteiger partial charge in [-0.15, -0.1) is 0 Å². The lowest BCUT2D eigenvalue weighted by Gasteiger charge is -2.02. The van der Waals surface area contributed by atoms with E-state index in [0.717, 1.165) is 18.2 Å². The van der Waals surface area contributed by atoms with Crippen LogP contribution in [0.1, 0.15) is 12.8 Å². The van der Waals surface area contributed by atoms with Crippen LogP contribution in [0, 0.1) is 11.6 Å². The van der Waals surface area contributed by atoms with Crippen molar-refractivity contribution < 1.29 is 22.9 Å². The number of carbonyl (C=O) groups is 1. The van der Waals surface area contributed by atoms with E-state index in [0.29, 0.717) is 0 Å². The lowest BCUT2D eigenvalue weighted by molar-refractivity contribution is -0.137. The largest absolute Gasteiger partial charge is 0.481 e. The molecule has 0 fully saturated rings. The Morgan fingerprint density at radius 1 is 1.38 bits per heavy atom. The molecular formula is C10H10F2O3S. The van der Waals surface area contributed by atoms with Gasteiger partial charge in [0.15, 0.2) is 0 Å². The average Bonchev–Trinajstić information content (AvgIpc) is 2.21. The standard InChI is InChI=1S/C10H10F2O3S/c11-7-3-4-8(12)9(6-7)16(15)5-1-2-10(13)14/h3-4,6H,1-2,5H2,(H,13,14). The van der Waals surface area contributed by atoms with Crippen LogP contribution in [0.4, 0.5) is 8.78 Å². The van der Waals surface area contributed by atoms with Gasteiger partial charge in [0.05, 0.1) is 15.7 Å². The minimum Gasteiger partial charge on any atom is -0.481 e. The van der Waals surface area contributed by atoms with Crippen molar-refractivity contribution in [1.82, 2.24) is 0 Å². The van der Waals surface area contributed by atoms with Crippen LogP contribution >= 0.6 is 0 Å². The van der Waals surface area contributed by atoms with E-state index in [-0.39, 0.29) is 23.5 Å². The van der Waals surface area contributed by atoms with E-state index in [1.807, 2.05) is 0 Å². The van der Waals surface area contributed by atoms with Crippen LogP contribution in [-0.4, -0.2) is 21.0 Å². The van der Waals surface area contributed by atoms with Crippen molar-refractivity contribution >= 4 is 16.8 Å². The molecular weight excluding hydrogens is 238 g/mol.